The topological polar surface area (TPSA) is 15.3 Å². The predicted octanol–water partition coefficient (Wildman–Crippen LogP) is 3.50. The average Bonchev–Trinajstić information content (AvgIpc) is 2.67. The fourth-order valence-corrected chi connectivity index (χ4v) is 3.72. The number of hydrogen-bond donors (Lipinski definition) is 1. The lowest BCUT2D eigenvalue weighted by Gasteiger charge is -2.24. The molecule has 2 aromatic carbocycles. The van der Waals surface area contributed by atoms with Gasteiger partial charge in [0.1, 0.15) is 17.5 Å². The Morgan fingerprint density at radius 3 is 2.57 bits per heavy atom. The Morgan fingerprint density at radius 1 is 1.00 bits per heavy atom. The van der Waals surface area contributed by atoms with Gasteiger partial charge in [-0.1, -0.05) is 6.07 Å². The van der Waals surface area contributed by atoms with E-state index in [0.717, 1.165) is 55.9 Å². The van der Waals surface area contributed by atoms with Gasteiger partial charge >= 0.3 is 0 Å². The minimum atomic E-state index is -0.897. The first-order chi connectivity index (χ1) is 11.1. The van der Waals surface area contributed by atoms with Crippen LogP contribution in [0.15, 0.2) is 30.3 Å². The molecule has 2 aliphatic rings. The van der Waals surface area contributed by atoms with E-state index in [1.165, 1.54) is 0 Å². The molecule has 0 aromatic heterocycles. The quantitative estimate of drug-likeness (QED) is 0.866. The van der Waals surface area contributed by atoms with Crippen LogP contribution in [-0.2, 0) is 6.42 Å². The van der Waals surface area contributed by atoms with E-state index in [1.807, 2.05) is 12.1 Å². The van der Waals surface area contributed by atoms with Crippen molar-refractivity contribution in [1.29, 1.82) is 0 Å². The van der Waals surface area contributed by atoms with Crippen LogP contribution in [0.5, 0.6) is 0 Å². The van der Waals surface area contributed by atoms with Gasteiger partial charge in [-0.3, -0.25) is 0 Å². The van der Waals surface area contributed by atoms with E-state index < -0.39 is 17.5 Å². The first-order valence-corrected chi connectivity index (χ1v) is 7.88. The highest BCUT2D eigenvalue weighted by Gasteiger charge is 2.30. The van der Waals surface area contributed by atoms with Crippen molar-refractivity contribution in [1.82, 2.24) is 5.32 Å². The number of fused-ring (bicyclic) bond motifs is 3. The summed E-state index contributed by atoms with van der Waals surface area (Å²) in [6.07, 6.45) is 1.94. The van der Waals surface area contributed by atoms with Crippen molar-refractivity contribution in [2.75, 3.05) is 24.5 Å². The lowest BCUT2D eigenvalue weighted by Crippen LogP contribution is -2.32. The van der Waals surface area contributed by atoms with Gasteiger partial charge in [0.15, 0.2) is 0 Å². The summed E-state index contributed by atoms with van der Waals surface area (Å²) in [6.45, 7) is 2.87. The van der Waals surface area contributed by atoms with Crippen molar-refractivity contribution in [3.05, 3.63) is 53.3 Å². The molecule has 1 fully saturated rings. The maximum atomic E-state index is 14.0. The molecule has 1 saturated heterocycles. The first kappa shape index (κ1) is 14.6. The van der Waals surface area contributed by atoms with Crippen molar-refractivity contribution in [3.8, 4) is 11.1 Å². The number of rotatable bonds is 1. The molecule has 2 heterocycles. The van der Waals surface area contributed by atoms with E-state index in [0.29, 0.717) is 11.6 Å². The second kappa shape index (κ2) is 5.57. The Labute approximate surface area is 132 Å². The smallest absolute Gasteiger partial charge is 0.136 e. The van der Waals surface area contributed by atoms with Crippen molar-refractivity contribution >= 4 is 5.69 Å². The third-order valence-corrected chi connectivity index (χ3v) is 4.76. The zero-order valence-electron chi connectivity index (χ0n) is 12.6. The zero-order chi connectivity index (χ0) is 16.0. The fraction of sp³-hybridized carbons (Fsp3) is 0.333. The van der Waals surface area contributed by atoms with E-state index in [1.54, 1.807) is 6.07 Å². The summed E-state index contributed by atoms with van der Waals surface area (Å²) in [4.78, 5) is 2.37. The molecule has 0 amide bonds. The molecule has 1 unspecified atom stereocenters. The number of anilines is 1. The van der Waals surface area contributed by atoms with Crippen LogP contribution in [-0.4, -0.2) is 25.7 Å². The van der Waals surface area contributed by atoms with Crippen LogP contribution in [0.4, 0.5) is 18.9 Å². The van der Waals surface area contributed by atoms with E-state index in [9.17, 15) is 13.2 Å². The van der Waals surface area contributed by atoms with Crippen LogP contribution >= 0.6 is 0 Å². The monoisotopic (exact) mass is 318 g/mol. The summed E-state index contributed by atoms with van der Waals surface area (Å²) >= 11 is 0. The van der Waals surface area contributed by atoms with Gasteiger partial charge in [0.05, 0.1) is 5.56 Å². The molecule has 23 heavy (non-hydrogen) atoms. The number of nitrogens with one attached hydrogen (secondary N) is 1. The maximum Gasteiger partial charge on any atom is 0.136 e. The molecule has 4 rings (SSSR count). The molecule has 0 bridgehead atoms. The molecular weight excluding hydrogens is 301 g/mol. The summed E-state index contributed by atoms with van der Waals surface area (Å²) in [5.41, 5.74) is 2.57. The minimum absolute atomic E-state index is 0.155. The summed E-state index contributed by atoms with van der Waals surface area (Å²) < 4.78 is 41.1. The van der Waals surface area contributed by atoms with Gasteiger partial charge in [-0.15, -0.1) is 0 Å². The van der Waals surface area contributed by atoms with Crippen LogP contribution in [0, 0.1) is 17.5 Å². The Balaban J connectivity index is 1.75. The third-order valence-electron chi connectivity index (χ3n) is 4.76. The van der Waals surface area contributed by atoms with Crippen LogP contribution < -0.4 is 10.2 Å². The van der Waals surface area contributed by atoms with Gasteiger partial charge in [-0.25, -0.2) is 13.2 Å². The molecule has 120 valence electrons. The van der Waals surface area contributed by atoms with Crippen LogP contribution in [0.1, 0.15) is 12.0 Å². The molecule has 5 heteroatoms. The predicted molar refractivity (Wildman–Crippen MR) is 84.1 cm³/mol. The number of nitrogens with zero attached hydrogens (tertiary/aromatic N) is 1. The SMILES string of the molecule is Fc1cc(F)c(-c2ccc3c(c2)CC2CCNCCN32)c(F)c1. The van der Waals surface area contributed by atoms with E-state index in [4.69, 9.17) is 0 Å². The Kier molecular flexibility index (Phi) is 3.53. The summed E-state index contributed by atoms with van der Waals surface area (Å²) in [7, 11) is 0. The first-order valence-electron chi connectivity index (χ1n) is 7.88. The molecule has 1 N–H and O–H groups in total. The Morgan fingerprint density at radius 2 is 1.78 bits per heavy atom. The van der Waals surface area contributed by atoms with Gasteiger partial charge in [0.25, 0.3) is 0 Å². The maximum absolute atomic E-state index is 14.0. The number of halogens is 3. The fourth-order valence-electron chi connectivity index (χ4n) is 3.72. The number of hydrogen-bond acceptors (Lipinski definition) is 2. The minimum Gasteiger partial charge on any atom is -0.367 e. The van der Waals surface area contributed by atoms with Gasteiger partial charge < -0.3 is 10.2 Å². The summed E-state index contributed by atoms with van der Waals surface area (Å²) in [5, 5.41) is 3.39. The van der Waals surface area contributed by atoms with Crippen molar-refractivity contribution in [2.45, 2.75) is 18.9 Å². The third kappa shape index (κ3) is 2.49. The largest absolute Gasteiger partial charge is 0.367 e. The van der Waals surface area contributed by atoms with Crippen molar-refractivity contribution < 1.29 is 13.2 Å². The lowest BCUT2D eigenvalue weighted by atomic mass is 9.99. The highest BCUT2D eigenvalue weighted by molar-refractivity contribution is 5.72. The summed E-state index contributed by atoms with van der Waals surface area (Å²) in [6, 6.07) is 7.39. The molecule has 0 spiro atoms. The van der Waals surface area contributed by atoms with Crippen LogP contribution in [0.25, 0.3) is 11.1 Å². The van der Waals surface area contributed by atoms with Crippen LogP contribution in [0.2, 0.25) is 0 Å². The Hall–Kier alpha value is -2.01. The van der Waals surface area contributed by atoms with E-state index in [2.05, 4.69) is 10.2 Å². The standard InChI is InChI=1S/C18H17F3N2/c19-13-9-15(20)18(16(21)10-13)11-1-2-17-12(7-11)8-14-3-4-22-5-6-23(14)17/h1-2,7,9-10,14,22H,3-6,8H2. The highest BCUT2D eigenvalue weighted by atomic mass is 19.1. The van der Waals surface area contributed by atoms with Gasteiger partial charge in [-0.2, -0.15) is 0 Å². The summed E-state index contributed by atoms with van der Waals surface area (Å²) in [5.74, 6) is -2.62. The molecule has 2 aromatic rings. The van der Waals surface area contributed by atoms with E-state index in [-0.39, 0.29) is 5.56 Å². The van der Waals surface area contributed by atoms with Gasteiger partial charge in [0.2, 0.25) is 0 Å². The highest BCUT2D eigenvalue weighted by Crippen LogP contribution is 2.37. The van der Waals surface area contributed by atoms with Gasteiger partial charge in [0, 0.05) is 37.0 Å². The van der Waals surface area contributed by atoms with Gasteiger partial charge in [-0.05, 0) is 42.6 Å². The van der Waals surface area contributed by atoms with Crippen molar-refractivity contribution in [2.24, 2.45) is 0 Å². The molecule has 1 atom stereocenters. The lowest BCUT2D eigenvalue weighted by molar-refractivity contribution is 0.548. The second-order valence-electron chi connectivity index (χ2n) is 6.18. The average molecular weight is 318 g/mol. The zero-order valence-corrected chi connectivity index (χ0v) is 12.6. The molecule has 0 aliphatic carbocycles. The number of benzene rings is 2. The molecule has 2 aliphatic heterocycles. The van der Waals surface area contributed by atoms with Crippen molar-refractivity contribution in [3.63, 3.8) is 0 Å². The second-order valence-corrected chi connectivity index (χ2v) is 6.18. The molecule has 0 saturated carbocycles. The normalized spacial score (nSPS) is 20.1. The molecule has 2 nitrogen and oxygen atoms in total. The molecule has 0 radical (unpaired) electrons. The Bertz CT molecular complexity index is 737. The van der Waals surface area contributed by atoms with Crippen LogP contribution in [0.3, 0.4) is 0 Å². The molecular formula is C18H17F3N2. The van der Waals surface area contributed by atoms with E-state index >= 15 is 0 Å².